The highest BCUT2D eigenvalue weighted by Gasteiger charge is 2.13. The molecule has 106 valence electrons. The van der Waals surface area contributed by atoms with Crippen molar-refractivity contribution in [3.05, 3.63) is 46.6 Å². The number of fused-ring (bicyclic) bond motifs is 3. The van der Waals surface area contributed by atoms with Crippen LogP contribution in [0.3, 0.4) is 0 Å². The molecule has 0 saturated heterocycles. The lowest BCUT2D eigenvalue weighted by atomic mass is 10.2. The second-order valence-corrected chi connectivity index (χ2v) is 4.72. The van der Waals surface area contributed by atoms with Gasteiger partial charge >= 0.3 is 0 Å². The molecular weight excluding hydrogens is 266 g/mol. The maximum absolute atomic E-state index is 12.7. The molecule has 21 heavy (non-hydrogen) atoms. The van der Waals surface area contributed by atoms with E-state index in [0.29, 0.717) is 17.8 Å². The van der Waals surface area contributed by atoms with Crippen LogP contribution in [-0.2, 0) is 6.54 Å². The van der Waals surface area contributed by atoms with Gasteiger partial charge in [-0.05, 0) is 24.5 Å². The van der Waals surface area contributed by atoms with Crippen molar-refractivity contribution in [1.29, 1.82) is 0 Å². The summed E-state index contributed by atoms with van der Waals surface area (Å²) >= 11 is 0. The van der Waals surface area contributed by atoms with Gasteiger partial charge in [-0.1, -0.05) is 25.0 Å². The summed E-state index contributed by atoms with van der Waals surface area (Å²) in [5, 5.41) is 8.83. The molecule has 0 aliphatic rings. The van der Waals surface area contributed by atoms with Crippen molar-refractivity contribution >= 4 is 16.6 Å². The zero-order chi connectivity index (χ0) is 14.8. The van der Waals surface area contributed by atoms with Gasteiger partial charge in [0, 0.05) is 6.54 Å². The molecule has 0 saturated carbocycles. The van der Waals surface area contributed by atoms with E-state index in [9.17, 15) is 4.79 Å². The Kier molecular flexibility index (Phi) is 3.46. The summed E-state index contributed by atoms with van der Waals surface area (Å²) in [5.41, 5.74) is 2.57. The highest BCUT2D eigenvalue weighted by molar-refractivity contribution is 5.80. The van der Waals surface area contributed by atoms with Crippen LogP contribution in [0, 0.1) is 11.8 Å². The van der Waals surface area contributed by atoms with Gasteiger partial charge in [-0.25, -0.2) is 4.98 Å². The van der Waals surface area contributed by atoms with Crippen molar-refractivity contribution < 1.29 is 5.11 Å². The first-order valence-corrected chi connectivity index (χ1v) is 6.86. The van der Waals surface area contributed by atoms with Gasteiger partial charge in [0.05, 0.1) is 11.0 Å². The van der Waals surface area contributed by atoms with E-state index in [1.165, 1.54) is 0 Å². The van der Waals surface area contributed by atoms with Crippen LogP contribution in [0.1, 0.15) is 19.0 Å². The quantitative estimate of drug-likeness (QED) is 0.722. The van der Waals surface area contributed by atoms with Gasteiger partial charge in [-0.3, -0.25) is 9.20 Å². The highest BCUT2D eigenvalue weighted by Crippen LogP contribution is 2.16. The van der Waals surface area contributed by atoms with Crippen LogP contribution in [0.4, 0.5) is 0 Å². The lowest BCUT2D eigenvalue weighted by Crippen LogP contribution is -2.23. The SMILES string of the molecule is CCCn1c(=O)c2c(C#CCO)ncn2c2ccccc21. The summed E-state index contributed by atoms with van der Waals surface area (Å²) in [4.78, 5) is 17.0. The Morgan fingerprint density at radius 1 is 1.29 bits per heavy atom. The van der Waals surface area contributed by atoms with Crippen LogP contribution in [0.15, 0.2) is 35.4 Å². The molecule has 0 unspecified atom stereocenters. The second kappa shape index (κ2) is 5.43. The summed E-state index contributed by atoms with van der Waals surface area (Å²) in [7, 11) is 0. The molecule has 0 radical (unpaired) electrons. The van der Waals surface area contributed by atoms with Crippen molar-refractivity contribution in [2.75, 3.05) is 6.61 Å². The molecular formula is C16H15N3O2. The monoisotopic (exact) mass is 281 g/mol. The first kappa shape index (κ1) is 13.4. The summed E-state index contributed by atoms with van der Waals surface area (Å²) in [5.74, 6) is 5.30. The van der Waals surface area contributed by atoms with Gasteiger partial charge in [0.1, 0.15) is 24.1 Å². The number of aromatic nitrogens is 3. The van der Waals surface area contributed by atoms with Gasteiger partial charge in [0.2, 0.25) is 0 Å². The first-order chi connectivity index (χ1) is 10.3. The molecule has 0 aliphatic carbocycles. The molecule has 0 atom stereocenters. The lowest BCUT2D eigenvalue weighted by Gasteiger charge is -2.11. The Hall–Kier alpha value is -2.58. The highest BCUT2D eigenvalue weighted by atomic mass is 16.2. The third-order valence-corrected chi connectivity index (χ3v) is 3.38. The Balaban J connectivity index is 2.47. The maximum atomic E-state index is 12.7. The van der Waals surface area contributed by atoms with Crippen molar-refractivity contribution in [1.82, 2.24) is 14.0 Å². The number of rotatable bonds is 2. The van der Waals surface area contributed by atoms with E-state index in [0.717, 1.165) is 17.5 Å². The van der Waals surface area contributed by atoms with Gasteiger partial charge in [0.15, 0.2) is 0 Å². The molecule has 0 amide bonds. The van der Waals surface area contributed by atoms with Crippen LogP contribution in [-0.4, -0.2) is 25.7 Å². The predicted molar refractivity (Wildman–Crippen MR) is 81.2 cm³/mol. The summed E-state index contributed by atoms with van der Waals surface area (Å²) in [6.45, 7) is 2.43. The molecule has 2 heterocycles. The van der Waals surface area contributed by atoms with E-state index in [2.05, 4.69) is 16.8 Å². The zero-order valence-electron chi connectivity index (χ0n) is 11.7. The molecule has 0 bridgehead atoms. The van der Waals surface area contributed by atoms with Crippen LogP contribution in [0.25, 0.3) is 16.6 Å². The van der Waals surface area contributed by atoms with Crippen molar-refractivity contribution in [3.8, 4) is 11.8 Å². The third-order valence-electron chi connectivity index (χ3n) is 3.38. The number of hydrogen-bond donors (Lipinski definition) is 1. The number of nitrogens with zero attached hydrogens (tertiary/aromatic N) is 3. The van der Waals surface area contributed by atoms with Gasteiger partial charge < -0.3 is 9.67 Å². The fourth-order valence-corrected chi connectivity index (χ4v) is 2.53. The van der Waals surface area contributed by atoms with E-state index in [4.69, 9.17) is 5.11 Å². The molecule has 3 aromatic rings. The molecule has 5 nitrogen and oxygen atoms in total. The van der Waals surface area contributed by atoms with Crippen molar-refractivity contribution in [2.45, 2.75) is 19.9 Å². The van der Waals surface area contributed by atoms with E-state index in [1.54, 1.807) is 15.3 Å². The molecule has 0 fully saturated rings. The fourth-order valence-electron chi connectivity index (χ4n) is 2.53. The maximum Gasteiger partial charge on any atom is 0.278 e. The third kappa shape index (κ3) is 2.10. The number of aliphatic hydroxyl groups is 1. The van der Waals surface area contributed by atoms with Crippen LogP contribution in [0.5, 0.6) is 0 Å². The average molecular weight is 281 g/mol. The Labute approximate surface area is 121 Å². The summed E-state index contributed by atoms with van der Waals surface area (Å²) in [6, 6.07) is 7.74. The van der Waals surface area contributed by atoms with Gasteiger partial charge in [-0.2, -0.15) is 0 Å². The molecule has 0 aliphatic heterocycles. The molecule has 1 N–H and O–H groups in total. The number of imidazole rings is 1. The standard InChI is InChI=1S/C16H15N3O2/c1-2-9-18-13-7-3-4-8-14(13)19-11-17-12(6-5-10-20)15(19)16(18)21/h3-4,7-8,11,20H,2,9-10H2,1H3. The van der Waals surface area contributed by atoms with Gasteiger partial charge in [0.25, 0.3) is 5.56 Å². The molecule has 2 aromatic heterocycles. The van der Waals surface area contributed by atoms with Crippen molar-refractivity contribution in [3.63, 3.8) is 0 Å². The Morgan fingerprint density at radius 3 is 2.76 bits per heavy atom. The lowest BCUT2D eigenvalue weighted by molar-refractivity contribution is 0.350. The smallest absolute Gasteiger partial charge is 0.278 e. The van der Waals surface area contributed by atoms with Crippen LogP contribution < -0.4 is 5.56 Å². The summed E-state index contributed by atoms with van der Waals surface area (Å²) < 4.78 is 3.53. The second-order valence-electron chi connectivity index (χ2n) is 4.72. The van der Waals surface area contributed by atoms with E-state index in [-0.39, 0.29) is 12.2 Å². The van der Waals surface area contributed by atoms with Crippen molar-refractivity contribution in [2.24, 2.45) is 0 Å². The number of hydrogen-bond acceptors (Lipinski definition) is 3. The van der Waals surface area contributed by atoms with E-state index in [1.807, 2.05) is 31.2 Å². The molecule has 5 heteroatoms. The van der Waals surface area contributed by atoms with Crippen LogP contribution >= 0.6 is 0 Å². The van der Waals surface area contributed by atoms with Crippen LogP contribution in [0.2, 0.25) is 0 Å². The number of para-hydroxylation sites is 2. The topological polar surface area (TPSA) is 59.5 Å². The Bertz CT molecular complexity index is 925. The van der Waals surface area contributed by atoms with Gasteiger partial charge in [-0.15, -0.1) is 0 Å². The minimum absolute atomic E-state index is 0.102. The average Bonchev–Trinajstić information content (AvgIpc) is 2.93. The zero-order valence-corrected chi connectivity index (χ0v) is 11.7. The fraction of sp³-hybridized carbons (Fsp3) is 0.250. The molecule has 0 spiro atoms. The summed E-state index contributed by atoms with van der Waals surface area (Å²) in [6.07, 6.45) is 2.47. The van der Waals surface area contributed by atoms with E-state index >= 15 is 0 Å². The minimum atomic E-state index is -0.254. The number of benzene rings is 1. The normalized spacial score (nSPS) is 10.8. The number of aliphatic hydroxyl groups excluding tert-OH is 1. The molecule has 3 rings (SSSR count). The molecule has 1 aromatic carbocycles. The number of aryl methyl sites for hydroxylation is 1. The largest absolute Gasteiger partial charge is 0.384 e. The first-order valence-electron chi connectivity index (χ1n) is 6.86. The predicted octanol–water partition coefficient (Wildman–Crippen LogP) is 1.40. The van der Waals surface area contributed by atoms with E-state index < -0.39 is 0 Å². The Morgan fingerprint density at radius 2 is 2.05 bits per heavy atom. The minimum Gasteiger partial charge on any atom is -0.384 e.